The van der Waals surface area contributed by atoms with Crippen LogP contribution in [-0.4, -0.2) is 40.8 Å². The second-order valence-corrected chi connectivity index (χ2v) is 8.69. The van der Waals surface area contributed by atoms with Crippen molar-refractivity contribution < 1.29 is 14.4 Å². The lowest BCUT2D eigenvalue weighted by Gasteiger charge is -2.11. The van der Waals surface area contributed by atoms with Gasteiger partial charge in [-0.1, -0.05) is 28.6 Å². The Balaban J connectivity index is 1.75. The molecule has 3 amide bonds. The average molecular weight is 474 g/mol. The number of urea groups is 1. The van der Waals surface area contributed by atoms with Gasteiger partial charge in [0.25, 0.3) is 5.91 Å². The van der Waals surface area contributed by atoms with Gasteiger partial charge in [-0.25, -0.2) is 14.8 Å². The van der Waals surface area contributed by atoms with E-state index < -0.39 is 6.10 Å². The number of anilines is 3. The molecule has 168 valence electrons. The zero-order valence-electron chi connectivity index (χ0n) is 17.9. The van der Waals surface area contributed by atoms with Crippen molar-refractivity contribution >= 4 is 57.0 Å². The normalized spacial score (nSPS) is 11.4. The molecule has 0 fully saturated rings. The number of aromatic nitrogens is 2. The number of nitrogens with one attached hydrogen (secondary N) is 3. The molecular formula is C20H23N7O3S2. The predicted molar refractivity (Wildman–Crippen MR) is 129 cm³/mol. The van der Waals surface area contributed by atoms with E-state index >= 15 is 0 Å². The van der Waals surface area contributed by atoms with Crippen LogP contribution in [0.4, 0.5) is 21.4 Å². The van der Waals surface area contributed by atoms with Crippen molar-refractivity contribution in [3.05, 3.63) is 29.6 Å². The molecule has 3 aromatic rings. The highest BCUT2D eigenvalue weighted by Gasteiger charge is 2.17. The summed E-state index contributed by atoms with van der Waals surface area (Å²) in [4.78, 5) is 38.5. The van der Waals surface area contributed by atoms with Crippen molar-refractivity contribution in [1.29, 1.82) is 0 Å². The first kappa shape index (κ1) is 23.2. The van der Waals surface area contributed by atoms with Crippen molar-refractivity contribution in [3.63, 3.8) is 0 Å². The lowest BCUT2D eigenvalue weighted by atomic mass is 10.1. The van der Waals surface area contributed by atoms with Gasteiger partial charge < -0.3 is 21.2 Å². The number of hydrogen-bond donors (Lipinski definition) is 4. The van der Waals surface area contributed by atoms with Crippen LogP contribution < -0.4 is 21.7 Å². The number of oxime groups is 1. The number of nitrogen functional groups attached to an aromatic ring is 1. The van der Waals surface area contributed by atoms with Crippen LogP contribution in [0.3, 0.4) is 0 Å². The van der Waals surface area contributed by atoms with Gasteiger partial charge in [0.1, 0.15) is 15.7 Å². The lowest BCUT2D eigenvalue weighted by molar-refractivity contribution is -0.126. The minimum Gasteiger partial charge on any atom is -0.383 e. The van der Waals surface area contributed by atoms with Crippen LogP contribution in [0.1, 0.15) is 20.8 Å². The number of hydrogen-bond acceptors (Lipinski definition) is 9. The fourth-order valence-electron chi connectivity index (χ4n) is 2.44. The Bertz CT molecular complexity index is 1150. The van der Waals surface area contributed by atoms with Crippen LogP contribution >= 0.6 is 22.7 Å². The maximum absolute atomic E-state index is 12.3. The number of nitrogens with two attached hydrogens (primary N) is 1. The van der Waals surface area contributed by atoms with Crippen LogP contribution in [0.15, 0.2) is 34.8 Å². The number of carbonyl (C=O) groups is 2. The Hall–Kier alpha value is -3.51. The molecule has 0 aliphatic heterocycles. The van der Waals surface area contributed by atoms with E-state index in [1.54, 1.807) is 26.8 Å². The molecule has 5 N–H and O–H groups in total. The monoisotopic (exact) mass is 473 g/mol. The molecule has 0 saturated heterocycles. The van der Waals surface area contributed by atoms with Crippen LogP contribution in [0.2, 0.25) is 0 Å². The largest absolute Gasteiger partial charge is 0.383 e. The van der Waals surface area contributed by atoms with Gasteiger partial charge in [-0.15, -0.1) is 11.3 Å². The van der Waals surface area contributed by atoms with Crippen LogP contribution in [0, 0.1) is 0 Å². The molecule has 3 rings (SSSR count). The molecule has 0 aliphatic rings. The Kier molecular flexibility index (Phi) is 7.38. The molecule has 1 atom stereocenters. The maximum atomic E-state index is 12.3. The van der Waals surface area contributed by atoms with Gasteiger partial charge in [0.05, 0.1) is 11.4 Å². The number of thiazole rings is 2. The molecule has 0 spiro atoms. The molecule has 0 aliphatic carbocycles. The topological polar surface area (TPSA) is 144 Å². The first-order chi connectivity index (χ1) is 15.3. The smallest absolute Gasteiger partial charge is 0.320 e. The Morgan fingerprint density at radius 1 is 1.22 bits per heavy atom. The Morgan fingerprint density at radius 2 is 2.00 bits per heavy atom. The maximum Gasteiger partial charge on any atom is 0.320 e. The van der Waals surface area contributed by atoms with Gasteiger partial charge in [-0.2, -0.15) is 0 Å². The van der Waals surface area contributed by atoms with E-state index in [2.05, 4.69) is 31.1 Å². The van der Waals surface area contributed by atoms with E-state index in [9.17, 15) is 9.59 Å². The highest BCUT2D eigenvalue weighted by molar-refractivity contribution is 7.23. The molecule has 2 aromatic heterocycles. The van der Waals surface area contributed by atoms with Gasteiger partial charge in [-0.05, 0) is 32.9 Å². The van der Waals surface area contributed by atoms with Crippen LogP contribution in [0.5, 0.6) is 0 Å². The minimum atomic E-state index is -0.730. The summed E-state index contributed by atoms with van der Waals surface area (Å²) in [6.07, 6.45) is -0.730. The summed E-state index contributed by atoms with van der Waals surface area (Å²) in [5.74, 6) is -0.0121. The predicted octanol–water partition coefficient (Wildman–Crippen LogP) is 4.01. The third-order valence-electron chi connectivity index (χ3n) is 3.99. The molecule has 2 heterocycles. The van der Waals surface area contributed by atoms with E-state index in [0.29, 0.717) is 26.5 Å². The first-order valence-electron chi connectivity index (χ1n) is 9.56. The summed E-state index contributed by atoms with van der Waals surface area (Å²) in [5, 5.41) is 14.7. The Labute approximate surface area is 192 Å². The van der Waals surface area contributed by atoms with Gasteiger partial charge >= 0.3 is 6.03 Å². The zero-order valence-corrected chi connectivity index (χ0v) is 19.6. The van der Waals surface area contributed by atoms with Gasteiger partial charge in [0.15, 0.2) is 5.13 Å². The molecule has 0 radical (unpaired) electrons. The molecule has 0 bridgehead atoms. The number of carbonyl (C=O) groups excluding carboxylic acids is 2. The van der Waals surface area contributed by atoms with Crippen molar-refractivity contribution in [2.45, 2.75) is 26.9 Å². The fourth-order valence-corrected chi connectivity index (χ4v) is 4.25. The minimum absolute atomic E-state index is 0.294. The zero-order chi connectivity index (χ0) is 23.3. The summed E-state index contributed by atoms with van der Waals surface area (Å²) in [6.45, 7) is 5.20. The van der Waals surface area contributed by atoms with Crippen LogP contribution in [-0.2, 0) is 9.63 Å². The Morgan fingerprint density at radius 3 is 2.72 bits per heavy atom. The molecule has 12 heteroatoms. The van der Waals surface area contributed by atoms with Crippen LogP contribution in [0.25, 0.3) is 21.1 Å². The highest BCUT2D eigenvalue weighted by Crippen LogP contribution is 2.38. The van der Waals surface area contributed by atoms with Crippen molar-refractivity contribution in [2.24, 2.45) is 5.16 Å². The number of benzene rings is 1. The SMILES string of the molecule is CNC(=O)Nc1nc(N)c(-c2nc(-c3cccc(NC(=O)C(C)ON=C(C)C)c3)cs2)s1. The van der Waals surface area contributed by atoms with Crippen molar-refractivity contribution in [1.82, 2.24) is 15.3 Å². The molecule has 0 saturated carbocycles. The van der Waals surface area contributed by atoms with Gasteiger partial charge in [-0.3, -0.25) is 10.1 Å². The highest BCUT2D eigenvalue weighted by atomic mass is 32.1. The van der Waals surface area contributed by atoms with Gasteiger partial charge in [0, 0.05) is 23.7 Å². The second-order valence-electron chi connectivity index (χ2n) is 6.83. The summed E-state index contributed by atoms with van der Waals surface area (Å²) in [7, 11) is 1.52. The second kappa shape index (κ2) is 10.2. The third kappa shape index (κ3) is 5.80. The molecule has 1 aromatic carbocycles. The summed E-state index contributed by atoms with van der Waals surface area (Å²) < 4.78 is 0. The molecule has 10 nitrogen and oxygen atoms in total. The summed E-state index contributed by atoms with van der Waals surface area (Å²) >= 11 is 2.66. The molecule has 1 unspecified atom stereocenters. The van der Waals surface area contributed by atoms with E-state index in [4.69, 9.17) is 10.6 Å². The standard InChI is InChI=1S/C20H23N7O3S2/c1-10(2)27-30-11(3)17(28)23-13-7-5-6-12(8-13)14-9-31-18(24-14)15-16(21)25-20(32-15)26-19(29)22-4/h5-9,11H,21H2,1-4H3,(H,23,28)(H2,22,25,26,29). The fraction of sp³-hybridized carbons (Fsp3) is 0.250. The van der Waals surface area contributed by atoms with E-state index in [-0.39, 0.29) is 11.9 Å². The number of amides is 3. The number of nitrogens with zero attached hydrogens (tertiary/aromatic N) is 3. The third-order valence-corrected chi connectivity index (χ3v) is 5.97. The number of rotatable bonds is 7. The quantitative estimate of drug-likeness (QED) is 0.301. The summed E-state index contributed by atoms with van der Waals surface area (Å²) in [6, 6.07) is 6.96. The van der Waals surface area contributed by atoms with E-state index in [0.717, 1.165) is 17.0 Å². The van der Waals surface area contributed by atoms with Gasteiger partial charge in [0.2, 0.25) is 6.10 Å². The average Bonchev–Trinajstić information content (AvgIpc) is 3.38. The van der Waals surface area contributed by atoms with Crippen molar-refractivity contribution in [3.8, 4) is 21.1 Å². The van der Waals surface area contributed by atoms with Crippen molar-refractivity contribution in [2.75, 3.05) is 23.4 Å². The molecular weight excluding hydrogens is 450 g/mol. The van der Waals surface area contributed by atoms with E-state index in [1.165, 1.54) is 29.7 Å². The molecule has 32 heavy (non-hydrogen) atoms. The van der Waals surface area contributed by atoms with E-state index in [1.807, 2.05) is 23.6 Å². The lowest BCUT2D eigenvalue weighted by Crippen LogP contribution is -2.26. The summed E-state index contributed by atoms with van der Waals surface area (Å²) in [5.41, 5.74) is 8.91. The first-order valence-corrected chi connectivity index (χ1v) is 11.3.